The molecule has 3 aromatic carbocycles. The summed E-state index contributed by atoms with van der Waals surface area (Å²) in [5, 5.41) is 5.93. The van der Waals surface area contributed by atoms with E-state index in [0.717, 1.165) is 22.4 Å². The lowest BCUT2D eigenvalue weighted by atomic mass is 10.1. The third kappa shape index (κ3) is 4.46. The number of hydrogen-bond acceptors (Lipinski definition) is 2. The Labute approximate surface area is 165 Å². The molecule has 3 rings (SSSR count). The summed E-state index contributed by atoms with van der Waals surface area (Å²) in [6.07, 6.45) is 0. The van der Waals surface area contributed by atoms with Crippen molar-refractivity contribution in [2.24, 2.45) is 0 Å². The van der Waals surface area contributed by atoms with Crippen LogP contribution in [0.4, 0.5) is 5.69 Å². The molecule has 0 fully saturated rings. The largest absolute Gasteiger partial charge is 0.346 e. The smallest absolute Gasteiger partial charge is 0.255 e. The van der Waals surface area contributed by atoms with Gasteiger partial charge in [0.25, 0.3) is 11.8 Å². The lowest BCUT2D eigenvalue weighted by molar-refractivity contribution is 0.0940. The Morgan fingerprint density at radius 1 is 0.750 bits per heavy atom. The quantitative estimate of drug-likeness (QED) is 0.659. The van der Waals surface area contributed by atoms with Crippen LogP contribution in [0.3, 0.4) is 0 Å². The van der Waals surface area contributed by atoms with Crippen molar-refractivity contribution < 1.29 is 9.59 Å². The van der Waals surface area contributed by atoms with Crippen LogP contribution in [0.25, 0.3) is 0 Å². The first-order valence-corrected chi connectivity index (χ1v) is 9.29. The minimum atomic E-state index is -0.233. The molecule has 0 saturated carbocycles. The van der Waals surface area contributed by atoms with Crippen LogP contribution >= 0.6 is 0 Å². The lowest BCUT2D eigenvalue weighted by Gasteiger charge is -2.15. The Balaban J connectivity index is 1.74. The van der Waals surface area contributed by atoms with E-state index in [9.17, 15) is 9.59 Å². The second-order valence-corrected chi connectivity index (χ2v) is 6.91. The third-order valence-electron chi connectivity index (χ3n) is 4.75. The van der Waals surface area contributed by atoms with Gasteiger partial charge in [-0.3, -0.25) is 9.59 Å². The van der Waals surface area contributed by atoms with Crippen LogP contribution in [0, 0.1) is 13.8 Å². The van der Waals surface area contributed by atoms with Crippen LogP contribution in [0.15, 0.2) is 72.8 Å². The molecule has 0 aliphatic rings. The fourth-order valence-corrected chi connectivity index (χ4v) is 3.10. The average molecular weight is 372 g/mol. The number of benzene rings is 3. The maximum atomic E-state index is 12.7. The van der Waals surface area contributed by atoms with Crippen molar-refractivity contribution in [3.05, 3.63) is 101 Å². The second kappa shape index (κ2) is 8.53. The Kier molecular flexibility index (Phi) is 5.90. The summed E-state index contributed by atoms with van der Waals surface area (Å²) >= 11 is 0. The Morgan fingerprint density at radius 3 is 1.96 bits per heavy atom. The number of para-hydroxylation sites is 1. The van der Waals surface area contributed by atoms with E-state index in [2.05, 4.69) is 10.6 Å². The molecular weight excluding hydrogens is 348 g/mol. The number of amides is 2. The standard InChI is InChI=1S/C24H24N2O2/c1-16-9-7-10-17(2)22(16)26-24(28)21-14-8-13-20(15-21)23(27)25-18(3)19-11-5-4-6-12-19/h4-15,18H,1-3H3,(H,25,27)(H,26,28). The fourth-order valence-electron chi connectivity index (χ4n) is 3.10. The molecule has 142 valence electrons. The first-order valence-electron chi connectivity index (χ1n) is 9.29. The predicted octanol–water partition coefficient (Wildman–Crippen LogP) is 5.05. The minimum Gasteiger partial charge on any atom is -0.346 e. The van der Waals surface area contributed by atoms with E-state index in [4.69, 9.17) is 0 Å². The number of hydrogen-bond donors (Lipinski definition) is 2. The summed E-state index contributed by atoms with van der Waals surface area (Å²) in [5.41, 5.74) is 4.73. The molecular formula is C24H24N2O2. The van der Waals surface area contributed by atoms with Crippen LogP contribution in [-0.4, -0.2) is 11.8 Å². The molecule has 0 radical (unpaired) electrons. The zero-order valence-electron chi connectivity index (χ0n) is 16.3. The molecule has 28 heavy (non-hydrogen) atoms. The van der Waals surface area contributed by atoms with Crippen molar-refractivity contribution in [2.45, 2.75) is 26.8 Å². The molecule has 2 amide bonds. The van der Waals surface area contributed by atoms with Gasteiger partial charge in [-0.15, -0.1) is 0 Å². The van der Waals surface area contributed by atoms with E-state index in [-0.39, 0.29) is 17.9 Å². The highest BCUT2D eigenvalue weighted by Crippen LogP contribution is 2.20. The van der Waals surface area contributed by atoms with E-state index in [0.29, 0.717) is 11.1 Å². The van der Waals surface area contributed by atoms with Gasteiger partial charge in [-0.2, -0.15) is 0 Å². The van der Waals surface area contributed by atoms with Crippen LogP contribution in [0.5, 0.6) is 0 Å². The number of rotatable bonds is 5. The molecule has 0 bridgehead atoms. The van der Waals surface area contributed by atoms with E-state index in [1.165, 1.54) is 0 Å². The van der Waals surface area contributed by atoms with Crippen molar-refractivity contribution in [3.63, 3.8) is 0 Å². The summed E-state index contributed by atoms with van der Waals surface area (Å²) in [7, 11) is 0. The molecule has 0 aromatic heterocycles. The number of anilines is 1. The minimum absolute atomic E-state index is 0.124. The van der Waals surface area contributed by atoms with Gasteiger partial charge < -0.3 is 10.6 Å². The van der Waals surface area contributed by atoms with Gasteiger partial charge in [-0.05, 0) is 55.7 Å². The normalized spacial score (nSPS) is 11.5. The Morgan fingerprint density at radius 2 is 1.32 bits per heavy atom. The summed E-state index contributed by atoms with van der Waals surface area (Å²) < 4.78 is 0. The fraction of sp³-hybridized carbons (Fsp3) is 0.167. The first-order chi connectivity index (χ1) is 13.5. The predicted molar refractivity (Wildman–Crippen MR) is 113 cm³/mol. The molecule has 0 heterocycles. The van der Waals surface area contributed by atoms with Crippen molar-refractivity contribution in [1.82, 2.24) is 5.32 Å². The van der Waals surface area contributed by atoms with Gasteiger partial charge in [0.15, 0.2) is 0 Å². The van der Waals surface area contributed by atoms with E-state index < -0.39 is 0 Å². The van der Waals surface area contributed by atoms with Crippen LogP contribution < -0.4 is 10.6 Å². The van der Waals surface area contributed by atoms with Crippen LogP contribution in [-0.2, 0) is 0 Å². The molecule has 1 unspecified atom stereocenters. The molecule has 0 aliphatic carbocycles. The maximum Gasteiger partial charge on any atom is 0.255 e. The molecule has 1 atom stereocenters. The number of aryl methyl sites for hydroxylation is 2. The van der Waals surface area contributed by atoms with Crippen molar-refractivity contribution in [3.8, 4) is 0 Å². The molecule has 4 heteroatoms. The number of carbonyl (C=O) groups excluding carboxylic acids is 2. The monoisotopic (exact) mass is 372 g/mol. The number of nitrogens with one attached hydrogen (secondary N) is 2. The summed E-state index contributed by atoms with van der Waals surface area (Å²) in [6, 6.07) is 22.3. The van der Waals surface area contributed by atoms with E-state index in [1.54, 1.807) is 24.3 Å². The Hall–Kier alpha value is -3.40. The highest BCUT2D eigenvalue weighted by Gasteiger charge is 2.14. The zero-order valence-corrected chi connectivity index (χ0v) is 16.3. The van der Waals surface area contributed by atoms with Gasteiger partial charge in [-0.25, -0.2) is 0 Å². The third-order valence-corrected chi connectivity index (χ3v) is 4.75. The van der Waals surface area contributed by atoms with Gasteiger partial charge in [-0.1, -0.05) is 54.6 Å². The average Bonchev–Trinajstić information content (AvgIpc) is 2.71. The first kappa shape index (κ1) is 19.4. The lowest BCUT2D eigenvalue weighted by Crippen LogP contribution is -2.27. The van der Waals surface area contributed by atoms with Gasteiger partial charge in [0.2, 0.25) is 0 Å². The van der Waals surface area contributed by atoms with Crippen LogP contribution in [0.2, 0.25) is 0 Å². The topological polar surface area (TPSA) is 58.2 Å². The molecule has 3 aromatic rings. The zero-order chi connectivity index (χ0) is 20.1. The van der Waals surface area contributed by atoms with Gasteiger partial charge in [0.05, 0.1) is 6.04 Å². The molecule has 2 N–H and O–H groups in total. The van der Waals surface area contributed by atoms with Gasteiger partial charge in [0, 0.05) is 16.8 Å². The van der Waals surface area contributed by atoms with Gasteiger partial charge >= 0.3 is 0 Å². The Bertz CT molecular complexity index is 976. The molecule has 0 saturated heterocycles. The second-order valence-electron chi connectivity index (χ2n) is 6.91. The van der Waals surface area contributed by atoms with Gasteiger partial charge in [0.1, 0.15) is 0 Å². The highest BCUT2D eigenvalue weighted by molar-refractivity contribution is 6.06. The van der Waals surface area contributed by atoms with Crippen molar-refractivity contribution in [1.29, 1.82) is 0 Å². The molecule has 0 aliphatic heterocycles. The maximum absolute atomic E-state index is 12.7. The highest BCUT2D eigenvalue weighted by atomic mass is 16.2. The van der Waals surface area contributed by atoms with Crippen LogP contribution in [0.1, 0.15) is 50.4 Å². The summed E-state index contributed by atoms with van der Waals surface area (Å²) in [5.74, 6) is -0.443. The summed E-state index contributed by atoms with van der Waals surface area (Å²) in [4.78, 5) is 25.3. The SMILES string of the molecule is Cc1cccc(C)c1NC(=O)c1cccc(C(=O)NC(C)c2ccccc2)c1. The van der Waals surface area contributed by atoms with Crippen molar-refractivity contribution in [2.75, 3.05) is 5.32 Å². The number of carbonyl (C=O) groups is 2. The van der Waals surface area contributed by atoms with E-state index in [1.807, 2.05) is 69.3 Å². The van der Waals surface area contributed by atoms with E-state index >= 15 is 0 Å². The molecule has 0 spiro atoms. The van der Waals surface area contributed by atoms with Crippen molar-refractivity contribution >= 4 is 17.5 Å². The molecule has 4 nitrogen and oxygen atoms in total. The summed E-state index contributed by atoms with van der Waals surface area (Å²) in [6.45, 7) is 5.85.